The molecule has 4 nitrogen and oxygen atoms in total. The summed E-state index contributed by atoms with van der Waals surface area (Å²) in [5, 5.41) is 0. The molecule has 0 saturated heterocycles. The SMILES string of the molecule is CCCCCCCCCCCCCCCCCC(=O)OOC(=O)c1ccccc1.[Zn]. The molecule has 30 heavy (non-hydrogen) atoms. The van der Waals surface area contributed by atoms with Gasteiger partial charge in [-0.1, -0.05) is 115 Å². The molecule has 0 radical (unpaired) electrons. The van der Waals surface area contributed by atoms with Crippen molar-refractivity contribution in [3.05, 3.63) is 35.9 Å². The van der Waals surface area contributed by atoms with Gasteiger partial charge in [0.25, 0.3) is 0 Å². The van der Waals surface area contributed by atoms with E-state index in [2.05, 4.69) is 16.7 Å². The van der Waals surface area contributed by atoms with E-state index in [0.29, 0.717) is 12.0 Å². The molecule has 0 heterocycles. The van der Waals surface area contributed by atoms with Gasteiger partial charge in [0.1, 0.15) is 0 Å². The van der Waals surface area contributed by atoms with Gasteiger partial charge < -0.3 is 0 Å². The molecule has 0 saturated carbocycles. The van der Waals surface area contributed by atoms with Gasteiger partial charge in [0.05, 0.1) is 12.0 Å². The second-order valence-electron chi connectivity index (χ2n) is 7.89. The number of hydrogen-bond donors (Lipinski definition) is 0. The molecule has 0 amide bonds. The summed E-state index contributed by atoms with van der Waals surface area (Å²) < 4.78 is 0. The van der Waals surface area contributed by atoms with Crippen molar-refractivity contribution in [2.24, 2.45) is 0 Å². The summed E-state index contributed by atoms with van der Waals surface area (Å²) in [6.45, 7) is 2.26. The van der Waals surface area contributed by atoms with Crippen molar-refractivity contribution >= 4 is 11.9 Å². The Labute approximate surface area is 196 Å². The topological polar surface area (TPSA) is 52.6 Å². The Morgan fingerprint density at radius 3 is 1.53 bits per heavy atom. The van der Waals surface area contributed by atoms with Crippen molar-refractivity contribution in [1.82, 2.24) is 0 Å². The second-order valence-corrected chi connectivity index (χ2v) is 7.89. The van der Waals surface area contributed by atoms with Gasteiger partial charge in [-0.15, -0.1) is 0 Å². The zero-order chi connectivity index (χ0) is 21.0. The zero-order valence-electron chi connectivity index (χ0n) is 19.0. The van der Waals surface area contributed by atoms with Crippen LogP contribution in [0, 0.1) is 0 Å². The first-order valence-electron chi connectivity index (χ1n) is 11.7. The van der Waals surface area contributed by atoms with E-state index >= 15 is 0 Å². The minimum Gasteiger partial charge on any atom is -0.247 e. The molecule has 0 aliphatic carbocycles. The second kappa shape index (κ2) is 21.0. The maximum absolute atomic E-state index is 11.7. The Morgan fingerprint density at radius 1 is 0.633 bits per heavy atom. The van der Waals surface area contributed by atoms with Crippen molar-refractivity contribution < 1.29 is 38.8 Å². The molecule has 0 aromatic heterocycles. The van der Waals surface area contributed by atoms with Crippen LogP contribution in [0.1, 0.15) is 120 Å². The van der Waals surface area contributed by atoms with Crippen LogP contribution in [0.15, 0.2) is 30.3 Å². The predicted molar refractivity (Wildman–Crippen MR) is 117 cm³/mol. The summed E-state index contributed by atoms with van der Waals surface area (Å²) in [5.41, 5.74) is 0.368. The maximum Gasteiger partial charge on any atom is 0.386 e. The van der Waals surface area contributed by atoms with Crippen molar-refractivity contribution in [1.29, 1.82) is 0 Å². The van der Waals surface area contributed by atoms with Crippen LogP contribution >= 0.6 is 0 Å². The normalized spacial score (nSPS) is 10.3. The van der Waals surface area contributed by atoms with Crippen molar-refractivity contribution in [2.45, 2.75) is 110 Å². The molecule has 0 unspecified atom stereocenters. The third kappa shape index (κ3) is 16.6. The Balaban J connectivity index is 0.00000841. The molecular formula is C25H40O4Zn. The van der Waals surface area contributed by atoms with Gasteiger partial charge in [-0.3, -0.25) is 0 Å². The number of benzene rings is 1. The third-order valence-corrected chi connectivity index (χ3v) is 5.20. The largest absolute Gasteiger partial charge is 0.386 e. The van der Waals surface area contributed by atoms with Crippen LogP contribution in [0.25, 0.3) is 0 Å². The first kappa shape index (κ1) is 28.8. The van der Waals surface area contributed by atoms with Crippen LogP contribution in [0.3, 0.4) is 0 Å². The number of carbonyl (C=O) groups excluding carboxylic acids is 2. The van der Waals surface area contributed by atoms with Crippen LogP contribution in [-0.2, 0) is 34.0 Å². The summed E-state index contributed by atoms with van der Waals surface area (Å²) in [7, 11) is 0. The van der Waals surface area contributed by atoms with E-state index in [1.54, 1.807) is 30.3 Å². The molecule has 0 spiro atoms. The average Bonchev–Trinajstić information content (AvgIpc) is 2.75. The summed E-state index contributed by atoms with van der Waals surface area (Å²) >= 11 is 0. The van der Waals surface area contributed by atoms with Crippen molar-refractivity contribution in [3.63, 3.8) is 0 Å². The molecule has 166 valence electrons. The first-order chi connectivity index (χ1) is 14.2. The van der Waals surface area contributed by atoms with E-state index in [-0.39, 0.29) is 19.5 Å². The Hall–Kier alpha value is -1.22. The van der Waals surface area contributed by atoms with Gasteiger partial charge in [-0.05, 0) is 18.6 Å². The van der Waals surface area contributed by atoms with E-state index in [1.165, 1.54) is 77.0 Å². The van der Waals surface area contributed by atoms with Gasteiger partial charge in [0.15, 0.2) is 0 Å². The summed E-state index contributed by atoms with van der Waals surface area (Å²) in [6.07, 6.45) is 19.6. The van der Waals surface area contributed by atoms with E-state index in [4.69, 9.17) is 0 Å². The fraction of sp³-hybridized carbons (Fsp3) is 0.680. The summed E-state index contributed by atoms with van der Waals surface area (Å²) in [6, 6.07) is 8.50. The Morgan fingerprint density at radius 2 is 1.07 bits per heavy atom. The van der Waals surface area contributed by atoms with Crippen LogP contribution in [0.4, 0.5) is 0 Å². The van der Waals surface area contributed by atoms with Crippen LogP contribution in [-0.4, -0.2) is 11.9 Å². The standard InChI is InChI=1S/C25H40O4.Zn/c1-2-3-4-5-6-7-8-9-10-11-12-13-14-15-19-22-24(26)28-29-25(27)23-20-17-16-18-21-23;/h16-18,20-21H,2-15,19,22H2,1H3;. The number of unbranched alkanes of at least 4 members (excludes halogenated alkanes) is 14. The molecule has 1 aromatic rings. The molecule has 0 bridgehead atoms. The Bertz CT molecular complexity index is 533. The number of hydrogen-bond acceptors (Lipinski definition) is 4. The van der Waals surface area contributed by atoms with Crippen molar-refractivity contribution in [2.75, 3.05) is 0 Å². The minimum absolute atomic E-state index is 0. The minimum atomic E-state index is -0.643. The van der Waals surface area contributed by atoms with Gasteiger partial charge in [-0.25, -0.2) is 19.4 Å². The molecule has 0 aliphatic heterocycles. The van der Waals surface area contributed by atoms with E-state index < -0.39 is 11.9 Å². The molecule has 0 aliphatic rings. The average molecular weight is 470 g/mol. The molecule has 1 rings (SSSR count). The van der Waals surface area contributed by atoms with Gasteiger partial charge >= 0.3 is 11.9 Å². The third-order valence-electron chi connectivity index (χ3n) is 5.20. The summed E-state index contributed by atoms with van der Waals surface area (Å²) in [4.78, 5) is 32.4. The fourth-order valence-corrected chi connectivity index (χ4v) is 3.39. The number of carbonyl (C=O) groups is 2. The van der Waals surface area contributed by atoms with Crippen LogP contribution in [0.5, 0.6) is 0 Å². The summed E-state index contributed by atoms with van der Waals surface area (Å²) in [5.74, 6) is -1.13. The maximum atomic E-state index is 11.7. The van der Waals surface area contributed by atoms with E-state index in [9.17, 15) is 9.59 Å². The van der Waals surface area contributed by atoms with Crippen LogP contribution < -0.4 is 0 Å². The quantitative estimate of drug-likeness (QED) is 0.102. The molecule has 0 atom stereocenters. The zero-order valence-corrected chi connectivity index (χ0v) is 22.0. The van der Waals surface area contributed by atoms with E-state index in [1.807, 2.05) is 0 Å². The monoisotopic (exact) mass is 468 g/mol. The molecule has 0 N–H and O–H groups in total. The van der Waals surface area contributed by atoms with E-state index in [0.717, 1.165) is 19.3 Å². The number of rotatable bonds is 17. The van der Waals surface area contributed by atoms with Crippen LogP contribution in [0.2, 0.25) is 0 Å². The molecule has 5 heteroatoms. The molecule has 0 fully saturated rings. The Kier molecular flexibility index (Phi) is 20.2. The molecular weight excluding hydrogens is 430 g/mol. The smallest absolute Gasteiger partial charge is 0.247 e. The molecule has 1 aromatic carbocycles. The fourth-order valence-electron chi connectivity index (χ4n) is 3.39. The van der Waals surface area contributed by atoms with Crippen molar-refractivity contribution in [3.8, 4) is 0 Å². The van der Waals surface area contributed by atoms with Gasteiger partial charge in [0, 0.05) is 19.5 Å². The first-order valence-corrected chi connectivity index (χ1v) is 11.7. The predicted octanol–water partition coefficient (Wildman–Crippen LogP) is 7.56. The van der Waals surface area contributed by atoms with Gasteiger partial charge in [0.2, 0.25) is 0 Å². The van der Waals surface area contributed by atoms with Gasteiger partial charge in [-0.2, -0.15) is 0 Å².